The smallest absolute Gasteiger partial charge is 0.238 e. The standard InChI is InChI=1S/C21H21ClN6O3S2/c1-2-8-28-17-10-14(6-7-18(17)32-12-19(28)29)25-20-16(22)11-24-21(27-20)26-13-4-3-5-15(9-13)33(23,30)31/h3-7,9-11H,2,8,12H2,1H3,(H2,23,30,31)(H2,24,25,26,27). The Morgan fingerprint density at radius 2 is 1.97 bits per heavy atom. The number of aromatic nitrogens is 2. The molecule has 3 aromatic rings. The first-order valence-corrected chi connectivity index (χ1v) is 12.9. The zero-order valence-corrected chi connectivity index (χ0v) is 20.0. The van der Waals surface area contributed by atoms with E-state index in [1.54, 1.807) is 17.0 Å². The maximum absolute atomic E-state index is 12.4. The number of sulfonamides is 1. The van der Waals surface area contributed by atoms with Gasteiger partial charge in [0, 0.05) is 22.8 Å². The van der Waals surface area contributed by atoms with E-state index in [1.807, 2.05) is 25.1 Å². The summed E-state index contributed by atoms with van der Waals surface area (Å²) in [6.07, 6.45) is 2.29. The van der Waals surface area contributed by atoms with Gasteiger partial charge in [-0.3, -0.25) is 4.79 Å². The second kappa shape index (κ2) is 9.56. The molecule has 12 heteroatoms. The summed E-state index contributed by atoms with van der Waals surface area (Å²) in [5, 5.41) is 11.6. The van der Waals surface area contributed by atoms with Crippen LogP contribution in [0, 0.1) is 0 Å². The molecular weight excluding hydrogens is 484 g/mol. The number of primary sulfonamides is 1. The molecule has 4 N–H and O–H groups in total. The van der Waals surface area contributed by atoms with Crippen LogP contribution in [0.1, 0.15) is 13.3 Å². The molecule has 0 aliphatic carbocycles. The molecule has 1 aliphatic rings. The molecule has 4 rings (SSSR count). The quantitative estimate of drug-likeness (QED) is 0.438. The molecule has 1 aromatic heterocycles. The number of halogens is 1. The fourth-order valence-electron chi connectivity index (χ4n) is 3.28. The molecule has 0 spiro atoms. The van der Waals surface area contributed by atoms with Crippen LogP contribution in [0.5, 0.6) is 0 Å². The van der Waals surface area contributed by atoms with Crippen LogP contribution in [0.2, 0.25) is 5.02 Å². The predicted molar refractivity (Wildman–Crippen MR) is 131 cm³/mol. The van der Waals surface area contributed by atoms with E-state index in [0.29, 0.717) is 34.5 Å². The number of amides is 1. The Hall–Kier alpha value is -2.86. The van der Waals surface area contributed by atoms with Crippen LogP contribution in [0.4, 0.5) is 28.8 Å². The molecule has 2 heterocycles. The van der Waals surface area contributed by atoms with Crippen molar-refractivity contribution in [1.82, 2.24) is 9.97 Å². The Kier molecular flexibility index (Phi) is 6.75. The van der Waals surface area contributed by atoms with Crippen LogP contribution >= 0.6 is 23.4 Å². The van der Waals surface area contributed by atoms with Gasteiger partial charge in [-0.15, -0.1) is 11.8 Å². The van der Waals surface area contributed by atoms with Gasteiger partial charge in [-0.05, 0) is 42.8 Å². The summed E-state index contributed by atoms with van der Waals surface area (Å²) >= 11 is 7.82. The molecule has 172 valence electrons. The number of carbonyl (C=O) groups is 1. The van der Waals surface area contributed by atoms with E-state index < -0.39 is 10.0 Å². The number of thioether (sulfide) groups is 1. The van der Waals surface area contributed by atoms with E-state index in [-0.39, 0.29) is 16.8 Å². The maximum atomic E-state index is 12.4. The Morgan fingerprint density at radius 3 is 2.73 bits per heavy atom. The number of carbonyl (C=O) groups excluding carboxylic acids is 1. The van der Waals surface area contributed by atoms with Crippen molar-refractivity contribution in [1.29, 1.82) is 0 Å². The van der Waals surface area contributed by atoms with Crippen molar-refractivity contribution in [2.45, 2.75) is 23.1 Å². The van der Waals surface area contributed by atoms with E-state index >= 15 is 0 Å². The highest BCUT2D eigenvalue weighted by molar-refractivity contribution is 8.00. The van der Waals surface area contributed by atoms with Gasteiger partial charge in [0.1, 0.15) is 5.02 Å². The highest BCUT2D eigenvalue weighted by atomic mass is 35.5. The van der Waals surface area contributed by atoms with Crippen molar-refractivity contribution in [3.8, 4) is 0 Å². The average molecular weight is 505 g/mol. The average Bonchev–Trinajstić information content (AvgIpc) is 2.78. The second-order valence-corrected chi connectivity index (χ2v) is 10.2. The van der Waals surface area contributed by atoms with Gasteiger partial charge in [0.2, 0.25) is 21.9 Å². The van der Waals surface area contributed by atoms with Gasteiger partial charge in [0.25, 0.3) is 0 Å². The lowest BCUT2D eigenvalue weighted by molar-refractivity contribution is -0.116. The molecule has 0 unspecified atom stereocenters. The van der Waals surface area contributed by atoms with Crippen LogP contribution in [0.3, 0.4) is 0 Å². The fraction of sp³-hybridized carbons (Fsp3) is 0.190. The van der Waals surface area contributed by atoms with E-state index in [2.05, 4.69) is 20.6 Å². The second-order valence-electron chi connectivity index (χ2n) is 7.23. The van der Waals surface area contributed by atoms with Gasteiger partial charge >= 0.3 is 0 Å². The lowest BCUT2D eigenvalue weighted by Crippen LogP contribution is -2.35. The third kappa shape index (κ3) is 5.38. The zero-order valence-electron chi connectivity index (χ0n) is 17.6. The highest BCUT2D eigenvalue weighted by Gasteiger charge is 2.24. The summed E-state index contributed by atoms with van der Waals surface area (Å²) in [5.74, 6) is 1.08. The van der Waals surface area contributed by atoms with Gasteiger partial charge < -0.3 is 15.5 Å². The van der Waals surface area contributed by atoms with Gasteiger partial charge in [-0.25, -0.2) is 18.5 Å². The van der Waals surface area contributed by atoms with Crippen molar-refractivity contribution in [3.63, 3.8) is 0 Å². The summed E-state index contributed by atoms with van der Waals surface area (Å²) in [6, 6.07) is 11.8. The van der Waals surface area contributed by atoms with Gasteiger partial charge in [-0.2, -0.15) is 4.98 Å². The molecule has 0 saturated heterocycles. The normalized spacial score (nSPS) is 13.5. The minimum Gasteiger partial charge on any atom is -0.339 e. The summed E-state index contributed by atoms with van der Waals surface area (Å²) in [6.45, 7) is 2.68. The van der Waals surface area contributed by atoms with Crippen LogP contribution in [0.15, 0.2) is 58.5 Å². The first kappa shape index (κ1) is 23.3. The number of anilines is 5. The first-order chi connectivity index (χ1) is 15.7. The largest absolute Gasteiger partial charge is 0.339 e. The molecule has 0 saturated carbocycles. The van der Waals surface area contributed by atoms with Crippen LogP contribution in [-0.4, -0.2) is 36.6 Å². The number of nitrogens with two attached hydrogens (primary N) is 1. The number of hydrogen-bond donors (Lipinski definition) is 3. The fourth-order valence-corrected chi connectivity index (χ4v) is 4.89. The Labute approximate surface area is 200 Å². The lowest BCUT2D eigenvalue weighted by Gasteiger charge is -2.29. The molecular formula is C21H21ClN6O3S2. The predicted octanol–water partition coefficient (Wildman–Crippen LogP) is 4.11. The van der Waals surface area contributed by atoms with E-state index in [9.17, 15) is 13.2 Å². The van der Waals surface area contributed by atoms with Crippen LogP contribution in [0.25, 0.3) is 0 Å². The SMILES string of the molecule is CCCN1C(=O)CSc2ccc(Nc3nc(Nc4cccc(S(N)(=O)=O)c4)ncc3Cl)cc21. The number of benzene rings is 2. The Balaban J connectivity index is 1.59. The van der Waals surface area contributed by atoms with Crippen molar-refractivity contribution in [2.24, 2.45) is 5.14 Å². The maximum Gasteiger partial charge on any atom is 0.238 e. The van der Waals surface area contributed by atoms with Crippen LogP contribution in [-0.2, 0) is 14.8 Å². The topological polar surface area (TPSA) is 130 Å². The number of fused-ring (bicyclic) bond motifs is 1. The minimum absolute atomic E-state index is 0.0297. The Bertz CT molecular complexity index is 1320. The molecule has 0 fully saturated rings. The summed E-state index contributed by atoms with van der Waals surface area (Å²) < 4.78 is 23.2. The summed E-state index contributed by atoms with van der Waals surface area (Å²) in [7, 11) is -3.84. The number of rotatable bonds is 7. The lowest BCUT2D eigenvalue weighted by atomic mass is 10.2. The third-order valence-electron chi connectivity index (χ3n) is 4.77. The van der Waals surface area contributed by atoms with E-state index in [4.69, 9.17) is 16.7 Å². The van der Waals surface area contributed by atoms with E-state index in [0.717, 1.165) is 17.0 Å². The molecule has 0 bridgehead atoms. The van der Waals surface area contributed by atoms with Crippen LogP contribution < -0.4 is 20.7 Å². The van der Waals surface area contributed by atoms with Crippen molar-refractivity contribution >= 4 is 68.1 Å². The summed E-state index contributed by atoms with van der Waals surface area (Å²) in [4.78, 5) is 23.7. The Morgan fingerprint density at radius 1 is 1.18 bits per heavy atom. The highest BCUT2D eigenvalue weighted by Crippen LogP contribution is 2.38. The van der Waals surface area contributed by atoms with Gasteiger partial charge in [0.05, 0.1) is 22.5 Å². The molecule has 9 nitrogen and oxygen atoms in total. The number of nitrogens with one attached hydrogen (secondary N) is 2. The summed E-state index contributed by atoms with van der Waals surface area (Å²) in [5.41, 5.74) is 2.02. The zero-order chi connectivity index (χ0) is 23.6. The van der Waals surface area contributed by atoms with Gasteiger partial charge in [0.15, 0.2) is 5.82 Å². The number of hydrogen-bond acceptors (Lipinski definition) is 8. The van der Waals surface area contributed by atoms with E-state index in [1.165, 1.54) is 30.1 Å². The minimum atomic E-state index is -3.84. The first-order valence-electron chi connectivity index (χ1n) is 10.0. The number of nitrogens with zero attached hydrogens (tertiary/aromatic N) is 3. The molecule has 33 heavy (non-hydrogen) atoms. The molecule has 2 aromatic carbocycles. The van der Waals surface area contributed by atoms with Crippen molar-refractivity contribution in [2.75, 3.05) is 27.8 Å². The van der Waals surface area contributed by atoms with Crippen molar-refractivity contribution in [3.05, 3.63) is 53.7 Å². The molecule has 0 atom stereocenters. The third-order valence-corrected chi connectivity index (χ3v) is 7.01. The molecule has 1 amide bonds. The van der Waals surface area contributed by atoms with Gasteiger partial charge in [-0.1, -0.05) is 24.6 Å². The monoisotopic (exact) mass is 504 g/mol. The molecule has 1 aliphatic heterocycles. The van der Waals surface area contributed by atoms with Crippen molar-refractivity contribution < 1.29 is 13.2 Å². The molecule has 0 radical (unpaired) electrons.